The first-order chi connectivity index (χ1) is 9.96. The van der Waals surface area contributed by atoms with E-state index >= 15 is 0 Å². The predicted octanol–water partition coefficient (Wildman–Crippen LogP) is 3.69. The van der Waals surface area contributed by atoms with E-state index in [0.717, 1.165) is 11.1 Å². The third-order valence-electron chi connectivity index (χ3n) is 2.96. The van der Waals surface area contributed by atoms with Crippen LogP contribution in [0.1, 0.15) is 31.9 Å². The molecule has 112 valence electrons. The molecule has 4 heteroatoms. The van der Waals surface area contributed by atoms with Crippen molar-refractivity contribution in [2.75, 3.05) is 0 Å². The molecule has 0 fully saturated rings. The van der Waals surface area contributed by atoms with Gasteiger partial charge in [-0.1, -0.05) is 18.2 Å². The van der Waals surface area contributed by atoms with Crippen LogP contribution in [0.2, 0.25) is 0 Å². The van der Waals surface area contributed by atoms with Crippen molar-refractivity contribution in [3.63, 3.8) is 0 Å². The number of pyridine rings is 1. The van der Waals surface area contributed by atoms with Gasteiger partial charge in [0.1, 0.15) is 6.61 Å². The first-order valence-electron chi connectivity index (χ1n) is 7.00. The van der Waals surface area contributed by atoms with Crippen molar-refractivity contribution >= 4 is 0 Å². The summed E-state index contributed by atoms with van der Waals surface area (Å²) in [6.07, 6.45) is 3.42. The summed E-state index contributed by atoms with van der Waals surface area (Å²) in [5.41, 5.74) is 1.69. The largest absolute Gasteiger partial charge is 0.485 e. The summed E-state index contributed by atoms with van der Waals surface area (Å²) in [7, 11) is 0. The highest BCUT2D eigenvalue weighted by Gasteiger charge is 2.14. The highest BCUT2D eigenvalue weighted by Crippen LogP contribution is 2.24. The zero-order chi connectivity index (χ0) is 15.3. The van der Waals surface area contributed by atoms with Crippen molar-refractivity contribution in [1.29, 1.82) is 0 Å². The molecule has 0 amide bonds. The number of ether oxygens (including phenoxy) is 1. The van der Waals surface area contributed by atoms with Crippen molar-refractivity contribution in [3.8, 4) is 5.75 Å². The van der Waals surface area contributed by atoms with Gasteiger partial charge in [0, 0.05) is 35.6 Å². The van der Waals surface area contributed by atoms with Crippen LogP contribution in [-0.2, 0) is 13.2 Å². The Bertz CT molecular complexity index is 579. The summed E-state index contributed by atoms with van der Waals surface area (Å²) in [6, 6.07) is 8.73. The molecule has 0 aliphatic heterocycles. The molecule has 2 rings (SSSR count). The normalized spacial score (nSPS) is 11.4. The Morgan fingerprint density at radius 3 is 2.67 bits per heavy atom. The van der Waals surface area contributed by atoms with E-state index in [4.69, 9.17) is 4.74 Å². The van der Waals surface area contributed by atoms with Crippen LogP contribution in [0.3, 0.4) is 0 Å². The van der Waals surface area contributed by atoms with Gasteiger partial charge in [0.15, 0.2) is 11.6 Å². The number of nitrogens with zero attached hydrogens (tertiary/aromatic N) is 1. The number of rotatable bonds is 5. The average molecular weight is 288 g/mol. The Labute approximate surface area is 125 Å². The molecule has 1 aromatic carbocycles. The molecular formula is C17H21FN2O. The zero-order valence-electron chi connectivity index (χ0n) is 12.7. The minimum absolute atomic E-state index is 0.0348. The summed E-state index contributed by atoms with van der Waals surface area (Å²) in [6.45, 7) is 7.08. The molecule has 0 unspecified atom stereocenters. The Hall–Kier alpha value is -1.94. The predicted molar refractivity (Wildman–Crippen MR) is 81.6 cm³/mol. The van der Waals surface area contributed by atoms with Crippen molar-refractivity contribution in [3.05, 3.63) is 59.7 Å². The molecule has 0 aliphatic carbocycles. The maximum Gasteiger partial charge on any atom is 0.165 e. The lowest BCUT2D eigenvalue weighted by atomic mass is 10.1. The Kier molecular flexibility index (Phi) is 4.91. The minimum Gasteiger partial charge on any atom is -0.485 e. The van der Waals surface area contributed by atoms with E-state index in [0.29, 0.717) is 18.9 Å². The molecule has 1 aromatic heterocycles. The van der Waals surface area contributed by atoms with Crippen molar-refractivity contribution in [2.24, 2.45) is 0 Å². The first kappa shape index (κ1) is 15.4. The fraction of sp³-hybridized carbons (Fsp3) is 0.353. The number of aromatic nitrogens is 1. The van der Waals surface area contributed by atoms with Gasteiger partial charge in [-0.3, -0.25) is 4.98 Å². The molecule has 2 aromatic rings. The zero-order valence-corrected chi connectivity index (χ0v) is 12.7. The first-order valence-corrected chi connectivity index (χ1v) is 7.00. The smallest absolute Gasteiger partial charge is 0.165 e. The van der Waals surface area contributed by atoms with E-state index in [-0.39, 0.29) is 11.4 Å². The van der Waals surface area contributed by atoms with Gasteiger partial charge in [-0.25, -0.2) is 4.39 Å². The molecule has 0 aliphatic rings. The molecule has 1 N–H and O–H groups in total. The lowest BCUT2D eigenvalue weighted by Crippen LogP contribution is -2.35. The van der Waals surface area contributed by atoms with Crippen molar-refractivity contribution in [2.45, 2.75) is 39.5 Å². The van der Waals surface area contributed by atoms with E-state index in [2.05, 4.69) is 31.1 Å². The van der Waals surface area contributed by atoms with E-state index in [1.165, 1.54) is 6.07 Å². The van der Waals surface area contributed by atoms with Crippen molar-refractivity contribution < 1.29 is 9.13 Å². The molecule has 0 atom stereocenters. The molecule has 0 saturated carbocycles. The van der Waals surface area contributed by atoms with Gasteiger partial charge in [0.05, 0.1) is 0 Å². The fourth-order valence-electron chi connectivity index (χ4n) is 1.85. The van der Waals surface area contributed by atoms with Crippen LogP contribution in [0.25, 0.3) is 0 Å². The number of benzene rings is 1. The SMILES string of the molecule is CC(C)(C)NCc1cccc(F)c1OCc1cccnc1. The molecule has 0 radical (unpaired) electrons. The lowest BCUT2D eigenvalue weighted by Gasteiger charge is -2.21. The second kappa shape index (κ2) is 6.68. The van der Waals surface area contributed by atoms with Crippen LogP contribution in [0.5, 0.6) is 5.75 Å². The van der Waals surface area contributed by atoms with Crippen LogP contribution < -0.4 is 10.1 Å². The van der Waals surface area contributed by atoms with Crippen LogP contribution in [0.4, 0.5) is 4.39 Å². The number of nitrogens with one attached hydrogen (secondary N) is 1. The lowest BCUT2D eigenvalue weighted by molar-refractivity contribution is 0.284. The summed E-state index contributed by atoms with van der Waals surface area (Å²) >= 11 is 0. The van der Waals surface area contributed by atoms with E-state index in [1.54, 1.807) is 18.5 Å². The van der Waals surface area contributed by atoms with Gasteiger partial charge in [-0.2, -0.15) is 0 Å². The average Bonchev–Trinajstić information content (AvgIpc) is 2.44. The Morgan fingerprint density at radius 1 is 1.19 bits per heavy atom. The van der Waals surface area contributed by atoms with E-state index in [9.17, 15) is 4.39 Å². The van der Waals surface area contributed by atoms with Crippen LogP contribution in [0, 0.1) is 5.82 Å². The Balaban J connectivity index is 2.10. The molecule has 0 saturated heterocycles. The van der Waals surface area contributed by atoms with Crippen LogP contribution in [0.15, 0.2) is 42.7 Å². The number of halogens is 1. The highest BCUT2D eigenvalue weighted by molar-refractivity contribution is 5.35. The minimum atomic E-state index is -0.341. The van der Waals surface area contributed by atoms with E-state index in [1.807, 2.05) is 18.2 Å². The quantitative estimate of drug-likeness (QED) is 0.911. The van der Waals surface area contributed by atoms with E-state index < -0.39 is 0 Å². The van der Waals surface area contributed by atoms with Gasteiger partial charge in [0.2, 0.25) is 0 Å². The second-order valence-corrected chi connectivity index (χ2v) is 5.98. The van der Waals surface area contributed by atoms with Crippen LogP contribution >= 0.6 is 0 Å². The highest BCUT2D eigenvalue weighted by atomic mass is 19.1. The number of hydrogen-bond acceptors (Lipinski definition) is 3. The molecule has 0 spiro atoms. The van der Waals surface area contributed by atoms with Crippen molar-refractivity contribution in [1.82, 2.24) is 10.3 Å². The maximum atomic E-state index is 14.0. The third kappa shape index (κ3) is 4.83. The fourth-order valence-corrected chi connectivity index (χ4v) is 1.85. The number of hydrogen-bond donors (Lipinski definition) is 1. The maximum absolute atomic E-state index is 14.0. The third-order valence-corrected chi connectivity index (χ3v) is 2.96. The van der Waals surface area contributed by atoms with Gasteiger partial charge in [0.25, 0.3) is 0 Å². The standard InChI is InChI=1S/C17H21FN2O/c1-17(2,3)20-11-14-7-4-8-15(18)16(14)21-12-13-6-5-9-19-10-13/h4-10,20H,11-12H2,1-3H3. The molecule has 21 heavy (non-hydrogen) atoms. The topological polar surface area (TPSA) is 34.1 Å². The summed E-state index contributed by atoms with van der Waals surface area (Å²) in [4.78, 5) is 4.02. The molecular weight excluding hydrogens is 267 g/mol. The second-order valence-electron chi connectivity index (χ2n) is 5.98. The van der Waals surface area contributed by atoms with Gasteiger partial charge >= 0.3 is 0 Å². The van der Waals surface area contributed by atoms with Crippen LogP contribution in [-0.4, -0.2) is 10.5 Å². The monoisotopic (exact) mass is 288 g/mol. The molecule has 0 bridgehead atoms. The Morgan fingerprint density at radius 2 is 2.00 bits per heavy atom. The number of para-hydroxylation sites is 1. The van der Waals surface area contributed by atoms with Gasteiger partial charge in [-0.15, -0.1) is 0 Å². The summed E-state index contributed by atoms with van der Waals surface area (Å²) < 4.78 is 19.7. The summed E-state index contributed by atoms with van der Waals surface area (Å²) in [5, 5.41) is 3.34. The molecule has 3 nitrogen and oxygen atoms in total. The van der Waals surface area contributed by atoms with Gasteiger partial charge in [-0.05, 0) is 32.9 Å². The van der Waals surface area contributed by atoms with Gasteiger partial charge < -0.3 is 10.1 Å². The summed E-state index contributed by atoms with van der Waals surface area (Å²) in [5.74, 6) is -0.0368. The molecule has 1 heterocycles.